The SMILES string of the molecule is C=CC(Cc1nnn[nH]1)c1ccc(OCc2ccc3scc(-c4ccccc4C)c3c2)nc1. The number of H-pyrrole nitrogens is 1. The molecule has 0 saturated heterocycles. The van der Waals surface area contributed by atoms with Gasteiger partial charge in [-0.3, -0.25) is 0 Å². The summed E-state index contributed by atoms with van der Waals surface area (Å²) in [5, 5.41) is 17.5. The van der Waals surface area contributed by atoms with E-state index in [0.717, 1.165) is 11.1 Å². The van der Waals surface area contributed by atoms with Crippen LogP contribution in [-0.4, -0.2) is 25.6 Å². The summed E-state index contributed by atoms with van der Waals surface area (Å²) >= 11 is 1.77. The number of aromatic amines is 1. The molecular weight excluding hydrogens is 430 g/mol. The molecule has 1 N–H and O–H groups in total. The fraction of sp³-hybridized carbons (Fsp3) is 0.154. The smallest absolute Gasteiger partial charge is 0.213 e. The third kappa shape index (κ3) is 4.54. The van der Waals surface area contributed by atoms with E-state index in [2.05, 4.69) is 87.0 Å². The van der Waals surface area contributed by atoms with Gasteiger partial charge in [0.05, 0.1) is 0 Å². The number of hydrogen-bond donors (Lipinski definition) is 1. The van der Waals surface area contributed by atoms with Gasteiger partial charge in [-0.25, -0.2) is 10.1 Å². The molecule has 0 amide bonds. The van der Waals surface area contributed by atoms with Gasteiger partial charge >= 0.3 is 0 Å². The Morgan fingerprint density at radius 2 is 2.03 bits per heavy atom. The van der Waals surface area contributed by atoms with Crippen molar-refractivity contribution in [2.24, 2.45) is 0 Å². The average Bonchev–Trinajstić information content (AvgIpc) is 3.52. The van der Waals surface area contributed by atoms with Crippen LogP contribution in [0, 0.1) is 6.92 Å². The molecule has 0 aliphatic carbocycles. The maximum atomic E-state index is 5.99. The van der Waals surface area contributed by atoms with Gasteiger partial charge in [0.2, 0.25) is 5.88 Å². The molecule has 3 heterocycles. The summed E-state index contributed by atoms with van der Waals surface area (Å²) in [6.45, 7) is 6.54. The van der Waals surface area contributed by atoms with E-state index in [1.54, 1.807) is 11.3 Å². The highest BCUT2D eigenvalue weighted by molar-refractivity contribution is 7.17. The van der Waals surface area contributed by atoms with Gasteiger partial charge in [-0.1, -0.05) is 42.5 Å². The number of aryl methyl sites for hydroxylation is 1. The molecular formula is C26H23N5OS. The Kier molecular flexibility index (Phi) is 5.95. The van der Waals surface area contributed by atoms with Crippen molar-refractivity contribution in [3.63, 3.8) is 0 Å². The van der Waals surface area contributed by atoms with Crippen LogP contribution >= 0.6 is 11.3 Å². The topological polar surface area (TPSA) is 76.6 Å². The van der Waals surface area contributed by atoms with Crippen molar-refractivity contribution in [2.75, 3.05) is 0 Å². The van der Waals surface area contributed by atoms with Gasteiger partial charge in [0.1, 0.15) is 12.4 Å². The third-order valence-corrected chi connectivity index (χ3v) is 6.70. The molecule has 7 heteroatoms. The molecule has 0 bridgehead atoms. The first-order valence-electron chi connectivity index (χ1n) is 10.7. The first-order valence-corrected chi connectivity index (χ1v) is 11.6. The highest BCUT2D eigenvalue weighted by Crippen LogP contribution is 2.36. The zero-order chi connectivity index (χ0) is 22.6. The first kappa shape index (κ1) is 21.0. The lowest BCUT2D eigenvalue weighted by Crippen LogP contribution is -2.03. The van der Waals surface area contributed by atoms with E-state index < -0.39 is 0 Å². The Balaban J connectivity index is 1.30. The summed E-state index contributed by atoms with van der Waals surface area (Å²) in [4.78, 5) is 4.49. The molecule has 0 radical (unpaired) electrons. The molecule has 0 saturated carbocycles. The molecule has 2 aromatic carbocycles. The minimum absolute atomic E-state index is 0.0714. The number of rotatable bonds is 8. The van der Waals surface area contributed by atoms with E-state index in [9.17, 15) is 0 Å². The van der Waals surface area contributed by atoms with Crippen LogP contribution in [0.1, 0.15) is 28.4 Å². The van der Waals surface area contributed by atoms with E-state index in [-0.39, 0.29) is 5.92 Å². The minimum atomic E-state index is 0.0714. The molecule has 5 rings (SSSR count). The Hall–Kier alpha value is -3.84. The zero-order valence-corrected chi connectivity index (χ0v) is 19.0. The van der Waals surface area contributed by atoms with Crippen LogP contribution in [-0.2, 0) is 13.0 Å². The van der Waals surface area contributed by atoms with Gasteiger partial charge in [-0.15, -0.1) is 23.0 Å². The predicted molar refractivity (Wildman–Crippen MR) is 131 cm³/mol. The summed E-state index contributed by atoms with van der Waals surface area (Å²) in [7, 11) is 0. The lowest BCUT2D eigenvalue weighted by Gasteiger charge is -2.12. The van der Waals surface area contributed by atoms with E-state index in [4.69, 9.17) is 4.74 Å². The van der Waals surface area contributed by atoms with Gasteiger partial charge in [-0.05, 0) is 57.1 Å². The van der Waals surface area contributed by atoms with Crippen molar-refractivity contribution in [3.8, 4) is 17.0 Å². The number of tetrazole rings is 1. The second kappa shape index (κ2) is 9.34. The van der Waals surface area contributed by atoms with Crippen molar-refractivity contribution < 1.29 is 4.74 Å². The summed E-state index contributed by atoms with van der Waals surface area (Å²) in [6, 6.07) is 18.9. The number of pyridine rings is 1. The van der Waals surface area contributed by atoms with E-state index in [1.165, 1.54) is 26.8 Å². The maximum Gasteiger partial charge on any atom is 0.213 e. The van der Waals surface area contributed by atoms with E-state index in [1.807, 2.05) is 24.4 Å². The largest absolute Gasteiger partial charge is 0.473 e. The molecule has 0 aliphatic rings. The zero-order valence-electron chi connectivity index (χ0n) is 18.2. The number of allylic oxidation sites excluding steroid dienone is 1. The number of thiophene rings is 1. The molecule has 164 valence electrons. The van der Waals surface area contributed by atoms with Gasteiger partial charge in [-0.2, -0.15) is 0 Å². The quantitative estimate of drug-likeness (QED) is 0.297. The molecule has 6 nitrogen and oxygen atoms in total. The van der Waals surface area contributed by atoms with Crippen LogP contribution in [0.15, 0.2) is 78.8 Å². The third-order valence-electron chi connectivity index (χ3n) is 5.73. The number of benzene rings is 2. The molecule has 1 unspecified atom stereocenters. The Bertz CT molecular complexity index is 1380. The molecule has 33 heavy (non-hydrogen) atoms. The van der Waals surface area contributed by atoms with Gasteiger partial charge in [0.15, 0.2) is 0 Å². The number of ether oxygens (including phenoxy) is 1. The van der Waals surface area contributed by atoms with E-state index in [0.29, 0.717) is 24.7 Å². The summed E-state index contributed by atoms with van der Waals surface area (Å²) in [6.07, 6.45) is 4.34. The first-order chi connectivity index (χ1) is 16.2. The van der Waals surface area contributed by atoms with Gasteiger partial charge in [0, 0.05) is 40.3 Å². The Labute approximate surface area is 196 Å². The number of nitrogens with zero attached hydrogens (tertiary/aromatic N) is 4. The van der Waals surface area contributed by atoms with Crippen molar-refractivity contribution in [1.82, 2.24) is 25.6 Å². The molecule has 0 spiro atoms. The predicted octanol–water partition coefficient (Wildman–Crippen LogP) is 5.88. The number of fused-ring (bicyclic) bond motifs is 1. The molecule has 5 aromatic rings. The van der Waals surface area contributed by atoms with Crippen molar-refractivity contribution in [3.05, 3.63) is 101 Å². The Morgan fingerprint density at radius 3 is 2.79 bits per heavy atom. The maximum absolute atomic E-state index is 5.99. The van der Waals surface area contributed by atoms with Crippen LogP contribution < -0.4 is 4.74 Å². The number of aromatic nitrogens is 5. The lowest BCUT2D eigenvalue weighted by atomic mass is 9.97. The summed E-state index contributed by atoms with van der Waals surface area (Å²) in [5.74, 6) is 1.38. The van der Waals surface area contributed by atoms with Crippen LogP contribution in [0.3, 0.4) is 0 Å². The second-order valence-corrected chi connectivity index (χ2v) is 8.82. The fourth-order valence-electron chi connectivity index (χ4n) is 3.91. The number of nitrogens with one attached hydrogen (secondary N) is 1. The highest BCUT2D eigenvalue weighted by Gasteiger charge is 2.13. The normalized spacial score (nSPS) is 12.0. The van der Waals surface area contributed by atoms with Crippen LogP contribution in [0.5, 0.6) is 5.88 Å². The molecule has 1 atom stereocenters. The Morgan fingerprint density at radius 1 is 1.12 bits per heavy atom. The standard InChI is InChI=1S/C26H23N5OS/c1-3-19(13-25-28-30-31-29-25)20-9-11-26(27-14-20)32-15-18-8-10-24-22(12-18)23(16-33-24)21-7-5-4-6-17(21)2/h3-12,14,16,19H,1,13,15H2,2H3,(H,28,29,30,31). The fourth-order valence-corrected chi connectivity index (χ4v) is 4.86. The number of hydrogen-bond acceptors (Lipinski definition) is 6. The van der Waals surface area contributed by atoms with Crippen molar-refractivity contribution >= 4 is 21.4 Å². The summed E-state index contributed by atoms with van der Waals surface area (Å²) in [5.41, 5.74) is 5.98. The lowest BCUT2D eigenvalue weighted by molar-refractivity contribution is 0.294. The second-order valence-electron chi connectivity index (χ2n) is 7.91. The van der Waals surface area contributed by atoms with Crippen LogP contribution in [0.25, 0.3) is 21.2 Å². The molecule has 3 aromatic heterocycles. The van der Waals surface area contributed by atoms with Crippen LogP contribution in [0.2, 0.25) is 0 Å². The van der Waals surface area contributed by atoms with Crippen molar-refractivity contribution in [1.29, 1.82) is 0 Å². The van der Waals surface area contributed by atoms with Gasteiger partial charge < -0.3 is 4.74 Å². The minimum Gasteiger partial charge on any atom is -0.473 e. The average molecular weight is 454 g/mol. The van der Waals surface area contributed by atoms with E-state index >= 15 is 0 Å². The molecule has 0 fully saturated rings. The molecule has 0 aliphatic heterocycles. The van der Waals surface area contributed by atoms with Gasteiger partial charge in [0.25, 0.3) is 0 Å². The monoisotopic (exact) mass is 453 g/mol. The summed E-state index contributed by atoms with van der Waals surface area (Å²) < 4.78 is 7.26. The van der Waals surface area contributed by atoms with Crippen LogP contribution in [0.4, 0.5) is 0 Å². The van der Waals surface area contributed by atoms with Crippen molar-refractivity contribution in [2.45, 2.75) is 25.9 Å². The highest BCUT2D eigenvalue weighted by atomic mass is 32.1.